The predicted octanol–water partition coefficient (Wildman–Crippen LogP) is 4.73. The van der Waals surface area contributed by atoms with Crippen molar-refractivity contribution in [3.8, 4) is 6.07 Å². The van der Waals surface area contributed by atoms with Crippen LogP contribution >= 0.6 is 0 Å². The zero-order chi connectivity index (χ0) is 19.5. The maximum Gasteiger partial charge on any atom is 0.249 e. The molecule has 2 aromatic rings. The number of hydrogen-bond acceptors (Lipinski definition) is 2. The first-order valence-electron chi connectivity index (χ1n) is 9.14. The maximum atomic E-state index is 12.6. The molecule has 1 aromatic heterocycles. The van der Waals surface area contributed by atoms with Gasteiger partial charge in [-0.1, -0.05) is 53.7 Å². The minimum absolute atomic E-state index is 0.107. The van der Waals surface area contributed by atoms with Crippen molar-refractivity contribution < 1.29 is 9.36 Å². The van der Waals surface area contributed by atoms with Crippen molar-refractivity contribution in [3.05, 3.63) is 36.2 Å². The lowest BCUT2D eigenvalue weighted by molar-refractivity contribution is -0.670. The van der Waals surface area contributed by atoms with Crippen LogP contribution in [0.1, 0.15) is 54.4 Å². The highest BCUT2D eigenvalue weighted by Crippen LogP contribution is 2.32. The standard InChI is InChI=1S/C22H30N3O/c1-21(2,3)17(14-20(26)22(4,5)6)15-25-16-24(13-9-12-23)18-10-7-8-11-19(18)25/h7-8,10-11,15-16H,9,13-14H2,1-6H3/q+1/b17-15-. The first kappa shape index (κ1) is 19.9. The number of allylic oxidation sites excluding steroid dienone is 1. The van der Waals surface area contributed by atoms with Crippen LogP contribution in [-0.2, 0) is 11.3 Å². The Balaban J connectivity index is 2.53. The molecule has 4 nitrogen and oxygen atoms in total. The molecule has 2 rings (SSSR count). The molecular formula is C22H30N3O+. The van der Waals surface area contributed by atoms with Gasteiger partial charge in [-0.15, -0.1) is 0 Å². The zero-order valence-corrected chi connectivity index (χ0v) is 16.8. The van der Waals surface area contributed by atoms with E-state index in [4.69, 9.17) is 5.26 Å². The summed E-state index contributed by atoms with van der Waals surface area (Å²) in [7, 11) is 0. The van der Waals surface area contributed by atoms with Gasteiger partial charge in [0.25, 0.3) is 0 Å². The number of carbonyl (C=O) groups is 1. The monoisotopic (exact) mass is 352 g/mol. The smallest absolute Gasteiger partial charge is 0.249 e. The highest BCUT2D eigenvalue weighted by Gasteiger charge is 2.28. The quantitative estimate of drug-likeness (QED) is 0.730. The number of para-hydroxylation sites is 2. The molecule has 26 heavy (non-hydrogen) atoms. The molecule has 0 spiro atoms. The van der Waals surface area contributed by atoms with Crippen LogP contribution in [0, 0.1) is 22.2 Å². The van der Waals surface area contributed by atoms with Gasteiger partial charge in [0.15, 0.2) is 11.0 Å². The molecule has 0 atom stereocenters. The van der Waals surface area contributed by atoms with Crippen molar-refractivity contribution in [2.45, 2.75) is 60.9 Å². The van der Waals surface area contributed by atoms with E-state index in [0.29, 0.717) is 19.4 Å². The van der Waals surface area contributed by atoms with E-state index in [1.54, 1.807) is 0 Å². The Hall–Kier alpha value is -2.41. The summed E-state index contributed by atoms with van der Waals surface area (Å²) >= 11 is 0. The third-order valence-electron chi connectivity index (χ3n) is 4.64. The van der Waals surface area contributed by atoms with Crippen molar-refractivity contribution in [1.29, 1.82) is 5.26 Å². The van der Waals surface area contributed by atoms with Crippen LogP contribution in [0.2, 0.25) is 0 Å². The van der Waals surface area contributed by atoms with Crippen LogP contribution < -0.4 is 4.57 Å². The van der Waals surface area contributed by atoms with E-state index >= 15 is 0 Å². The number of nitriles is 1. The van der Waals surface area contributed by atoms with E-state index < -0.39 is 0 Å². The number of Topliss-reactive ketones (excluding diaryl/α,β-unsaturated/α-hetero) is 1. The van der Waals surface area contributed by atoms with Crippen LogP contribution in [0.4, 0.5) is 0 Å². The lowest BCUT2D eigenvalue weighted by atomic mass is 9.79. The van der Waals surface area contributed by atoms with E-state index in [9.17, 15) is 4.79 Å². The van der Waals surface area contributed by atoms with Crippen molar-refractivity contribution in [2.75, 3.05) is 0 Å². The molecule has 0 radical (unpaired) electrons. The van der Waals surface area contributed by atoms with E-state index in [-0.39, 0.29) is 16.6 Å². The fourth-order valence-corrected chi connectivity index (χ4v) is 2.76. The number of benzene rings is 1. The van der Waals surface area contributed by atoms with Gasteiger partial charge in [-0.3, -0.25) is 4.79 Å². The van der Waals surface area contributed by atoms with Crippen LogP contribution in [0.5, 0.6) is 0 Å². The molecule has 1 heterocycles. The zero-order valence-electron chi connectivity index (χ0n) is 16.8. The van der Waals surface area contributed by atoms with E-state index in [1.807, 2.05) is 39.2 Å². The van der Waals surface area contributed by atoms with Gasteiger partial charge in [0.05, 0.1) is 18.7 Å². The predicted molar refractivity (Wildman–Crippen MR) is 105 cm³/mol. The molecule has 0 aliphatic carbocycles. The van der Waals surface area contributed by atoms with Crippen LogP contribution in [0.25, 0.3) is 17.2 Å². The highest BCUT2D eigenvalue weighted by molar-refractivity contribution is 5.86. The summed E-state index contributed by atoms with van der Waals surface area (Å²) < 4.78 is 4.18. The Morgan fingerprint density at radius 3 is 2.38 bits per heavy atom. The fraction of sp³-hybridized carbons (Fsp3) is 0.500. The van der Waals surface area contributed by atoms with Crippen LogP contribution in [0.3, 0.4) is 0 Å². The number of imidazole rings is 1. The minimum Gasteiger partial charge on any atom is -0.299 e. The SMILES string of the molecule is CC(C)(C)C(=O)C/C(=C/n1c[n+](CCC#N)c2ccccc21)C(C)(C)C. The summed E-state index contributed by atoms with van der Waals surface area (Å²) in [4.78, 5) is 12.6. The third kappa shape index (κ3) is 4.60. The first-order valence-corrected chi connectivity index (χ1v) is 9.14. The largest absolute Gasteiger partial charge is 0.299 e. The highest BCUT2D eigenvalue weighted by atomic mass is 16.1. The Labute approximate surface area is 156 Å². The van der Waals surface area contributed by atoms with Crippen LogP contribution in [-0.4, -0.2) is 10.4 Å². The summed E-state index contributed by atoms with van der Waals surface area (Å²) in [6, 6.07) is 10.4. The molecule has 0 bridgehead atoms. The second-order valence-corrected chi connectivity index (χ2v) is 8.87. The Bertz CT molecular complexity index is 867. The lowest BCUT2D eigenvalue weighted by Crippen LogP contribution is -2.31. The molecule has 0 saturated carbocycles. The average Bonchev–Trinajstić information content (AvgIpc) is 2.88. The number of fused-ring (bicyclic) bond motifs is 1. The minimum atomic E-state index is -0.351. The summed E-state index contributed by atoms with van der Waals surface area (Å²) in [5.74, 6) is 0.243. The molecule has 1 aromatic carbocycles. The normalized spacial score (nSPS) is 13.0. The van der Waals surface area contributed by atoms with Gasteiger partial charge in [-0.25, -0.2) is 9.13 Å². The van der Waals surface area contributed by atoms with Crippen molar-refractivity contribution >= 4 is 23.0 Å². The maximum absolute atomic E-state index is 12.6. The average molecular weight is 353 g/mol. The number of hydrogen-bond donors (Lipinski definition) is 0. The number of aromatic nitrogens is 2. The molecular weight excluding hydrogens is 322 g/mol. The summed E-state index contributed by atoms with van der Waals surface area (Å²) in [6.45, 7) is 13.0. The van der Waals surface area contributed by atoms with Gasteiger partial charge in [0, 0.05) is 11.8 Å². The Morgan fingerprint density at radius 1 is 1.15 bits per heavy atom. The summed E-state index contributed by atoms with van der Waals surface area (Å²) in [6.07, 6.45) is 5.03. The summed E-state index contributed by atoms with van der Waals surface area (Å²) in [5.41, 5.74) is 2.81. The van der Waals surface area contributed by atoms with E-state index in [1.165, 1.54) is 0 Å². The number of carbonyl (C=O) groups excluding carboxylic acids is 1. The number of nitrogens with zero attached hydrogens (tertiary/aromatic N) is 3. The van der Waals surface area contributed by atoms with Crippen LogP contribution in [0.15, 0.2) is 36.2 Å². The van der Waals surface area contributed by atoms with E-state index in [2.05, 4.69) is 54.3 Å². The molecule has 0 amide bonds. The second-order valence-electron chi connectivity index (χ2n) is 8.87. The molecule has 0 saturated heterocycles. The van der Waals surface area contributed by atoms with Gasteiger partial charge in [0.2, 0.25) is 6.33 Å². The number of rotatable bonds is 5. The molecule has 0 fully saturated rings. The summed E-state index contributed by atoms with van der Waals surface area (Å²) in [5, 5.41) is 8.91. The van der Waals surface area contributed by atoms with Gasteiger partial charge >= 0.3 is 0 Å². The van der Waals surface area contributed by atoms with Crippen molar-refractivity contribution in [3.63, 3.8) is 0 Å². The van der Waals surface area contributed by atoms with Crippen molar-refractivity contribution in [2.24, 2.45) is 10.8 Å². The van der Waals surface area contributed by atoms with Gasteiger partial charge < -0.3 is 0 Å². The molecule has 0 aliphatic rings. The Morgan fingerprint density at radius 2 is 1.81 bits per heavy atom. The number of aryl methyl sites for hydroxylation is 1. The molecule has 0 unspecified atom stereocenters. The van der Waals surface area contributed by atoms with Gasteiger partial charge in [-0.05, 0) is 23.1 Å². The fourth-order valence-electron chi connectivity index (χ4n) is 2.76. The van der Waals surface area contributed by atoms with Crippen molar-refractivity contribution in [1.82, 2.24) is 4.57 Å². The van der Waals surface area contributed by atoms with Gasteiger partial charge in [-0.2, -0.15) is 5.26 Å². The molecule has 138 valence electrons. The van der Waals surface area contributed by atoms with E-state index in [0.717, 1.165) is 16.6 Å². The molecule has 0 aliphatic heterocycles. The third-order valence-corrected chi connectivity index (χ3v) is 4.64. The first-order chi connectivity index (χ1) is 12.0. The van der Waals surface area contributed by atoms with Gasteiger partial charge in [0.1, 0.15) is 12.3 Å². The second kappa shape index (κ2) is 7.45. The molecule has 0 N–H and O–H groups in total. The lowest BCUT2D eigenvalue weighted by Gasteiger charge is -2.25. The number of ketones is 1. The Kier molecular flexibility index (Phi) is 5.71. The molecule has 4 heteroatoms. The topological polar surface area (TPSA) is 49.7 Å².